The predicted molar refractivity (Wildman–Crippen MR) is 88.2 cm³/mol. The van der Waals surface area contributed by atoms with E-state index in [1.54, 1.807) is 4.90 Å². The Kier molecular flexibility index (Phi) is 4.36. The van der Waals surface area contributed by atoms with Crippen LogP contribution in [0.2, 0.25) is 0 Å². The molecule has 0 unspecified atom stereocenters. The van der Waals surface area contributed by atoms with Crippen LogP contribution in [-0.4, -0.2) is 50.4 Å². The Morgan fingerprint density at radius 2 is 1.74 bits per heavy atom. The van der Waals surface area contributed by atoms with Crippen molar-refractivity contribution >= 4 is 15.7 Å². The Balaban J connectivity index is 1.51. The number of fused-ring (bicyclic) bond motifs is 1. The van der Waals surface area contributed by atoms with Gasteiger partial charge in [0.25, 0.3) is 5.91 Å². The quantitative estimate of drug-likeness (QED) is 0.839. The highest BCUT2D eigenvalue weighted by Gasteiger charge is 2.44. The molecule has 0 saturated carbocycles. The molecule has 0 bridgehead atoms. The van der Waals surface area contributed by atoms with Gasteiger partial charge in [0.1, 0.15) is 5.75 Å². The second kappa shape index (κ2) is 6.15. The average Bonchev–Trinajstić information content (AvgIpc) is 2.98. The number of hydrogen-bond donors (Lipinski definition) is 0. The summed E-state index contributed by atoms with van der Waals surface area (Å²) in [5, 5.41) is 0. The third-order valence-corrected chi connectivity index (χ3v) is 6.65. The number of carbonyl (C=O) groups excluding carboxylic acids is 1. The number of benzene rings is 1. The largest absolute Gasteiger partial charge is 0.484 e. The van der Waals surface area contributed by atoms with E-state index in [0.717, 1.165) is 0 Å². The number of hydrogen-bond acceptors (Lipinski definition) is 4. The molecule has 1 aromatic rings. The molecule has 2 aliphatic heterocycles. The summed E-state index contributed by atoms with van der Waals surface area (Å²) in [6.45, 7) is 5.34. The maximum absolute atomic E-state index is 12.2. The molecule has 126 valence electrons. The van der Waals surface area contributed by atoms with Gasteiger partial charge >= 0.3 is 0 Å². The molecule has 2 heterocycles. The molecule has 2 aliphatic rings. The fraction of sp³-hybridized carbons (Fsp3) is 0.588. The molecule has 2 fully saturated rings. The molecular weight excluding hydrogens is 314 g/mol. The minimum absolute atomic E-state index is 0.00716. The van der Waals surface area contributed by atoms with Crippen molar-refractivity contribution in [2.75, 3.05) is 31.2 Å². The van der Waals surface area contributed by atoms with Crippen molar-refractivity contribution in [3.05, 3.63) is 29.8 Å². The van der Waals surface area contributed by atoms with Gasteiger partial charge in [-0.15, -0.1) is 0 Å². The van der Waals surface area contributed by atoms with E-state index in [1.807, 2.05) is 24.3 Å². The third-order valence-electron chi connectivity index (χ3n) is 4.77. The molecule has 0 aromatic heterocycles. The van der Waals surface area contributed by atoms with Crippen LogP contribution in [0.4, 0.5) is 0 Å². The van der Waals surface area contributed by atoms with E-state index in [9.17, 15) is 13.2 Å². The van der Waals surface area contributed by atoms with Crippen molar-refractivity contribution in [1.29, 1.82) is 0 Å². The summed E-state index contributed by atoms with van der Waals surface area (Å²) in [6, 6.07) is 7.78. The Morgan fingerprint density at radius 3 is 2.26 bits per heavy atom. The van der Waals surface area contributed by atoms with Crippen molar-refractivity contribution < 1.29 is 17.9 Å². The zero-order valence-corrected chi connectivity index (χ0v) is 14.4. The van der Waals surface area contributed by atoms with Gasteiger partial charge in [0, 0.05) is 13.1 Å². The third kappa shape index (κ3) is 3.68. The minimum Gasteiger partial charge on any atom is -0.484 e. The molecule has 0 radical (unpaired) electrons. The number of rotatable bonds is 4. The highest BCUT2D eigenvalue weighted by atomic mass is 32.2. The summed E-state index contributed by atoms with van der Waals surface area (Å²) in [6.07, 6.45) is 0. The van der Waals surface area contributed by atoms with Gasteiger partial charge in [0.15, 0.2) is 16.4 Å². The van der Waals surface area contributed by atoms with Gasteiger partial charge in [-0.3, -0.25) is 4.79 Å². The van der Waals surface area contributed by atoms with E-state index in [-0.39, 0.29) is 35.9 Å². The fourth-order valence-electron chi connectivity index (χ4n) is 3.43. The van der Waals surface area contributed by atoms with E-state index < -0.39 is 9.84 Å². The number of amides is 1. The van der Waals surface area contributed by atoms with Crippen molar-refractivity contribution in [3.8, 4) is 5.75 Å². The summed E-state index contributed by atoms with van der Waals surface area (Å²) < 4.78 is 28.7. The van der Waals surface area contributed by atoms with Gasteiger partial charge in [-0.2, -0.15) is 0 Å². The van der Waals surface area contributed by atoms with E-state index in [2.05, 4.69) is 13.8 Å². The standard InChI is InChI=1S/C17H23NO4S/c1-12(2)13-3-5-16(6-4-13)22-9-17(19)18-7-14-10-23(20,21)11-15(14)8-18/h3-6,12,14-15H,7-11H2,1-2H3/t14-,15+. The van der Waals surface area contributed by atoms with Crippen LogP contribution in [0.3, 0.4) is 0 Å². The van der Waals surface area contributed by atoms with Crippen LogP contribution in [0, 0.1) is 11.8 Å². The smallest absolute Gasteiger partial charge is 0.260 e. The zero-order valence-electron chi connectivity index (χ0n) is 13.6. The Morgan fingerprint density at radius 1 is 1.17 bits per heavy atom. The van der Waals surface area contributed by atoms with E-state index in [0.29, 0.717) is 24.8 Å². The van der Waals surface area contributed by atoms with Gasteiger partial charge < -0.3 is 9.64 Å². The Hall–Kier alpha value is -1.56. The maximum atomic E-state index is 12.2. The first-order chi connectivity index (χ1) is 10.8. The van der Waals surface area contributed by atoms with Gasteiger partial charge in [0.05, 0.1) is 11.5 Å². The first-order valence-electron chi connectivity index (χ1n) is 8.05. The lowest BCUT2D eigenvalue weighted by Crippen LogP contribution is -2.34. The fourth-order valence-corrected chi connectivity index (χ4v) is 5.62. The van der Waals surface area contributed by atoms with E-state index in [1.165, 1.54) is 5.56 Å². The van der Waals surface area contributed by atoms with Crippen LogP contribution in [0.25, 0.3) is 0 Å². The number of carbonyl (C=O) groups is 1. The molecule has 3 rings (SSSR count). The van der Waals surface area contributed by atoms with Gasteiger partial charge in [-0.1, -0.05) is 26.0 Å². The predicted octanol–water partition coefficient (Wildman–Crippen LogP) is 1.69. The average molecular weight is 337 g/mol. The number of likely N-dealkylation sites (tertiary alicyclic amines) is 1. The number of nitrogens with zero attached hydrogens (tertiary/aromatic N) is 1. The summed E-state index contributed by atoms with van der Waals surface area (Å²) in [5.41, 5.74) is 1.23. The molecular formula is C17H23NO4S. The van der Waals surface area contributed by atoms with Crippen molar-refractivity contribution in [3.63, 3.8) is 0 Å². The van der Waals surface area contributed by atoms with Crippen LogP contribution >= 0.6 is 0 Å². The molecule has 0 N–H and O–H groups in total. The van der Waals surface area contributed by atoms with Crippen LogP contribution in [0.5, 0.6) is 5.75 Å². The van der Waals surface area contributed by atoms with Crippen LogP contribution in [0.1, 0.15) is 25.3 Å². The molecule has 1 amide bonds. The zero-order chi connectivity index (χ0) is 16.6. The van der Waals surface area contributed by atoms with Gasteiger partial charge in [-0.25, -0.2) is 8.42 Å². The minimum atomic E-state index is -2.89. The van der Waals surface area contributed by atoms with Crippen LogP contribution < -0.4 is 4.74 Å². The molecule has 6 heteroatoms. The summed E-state index contributed by atoms with van der Waals surface area (Å²) >= 11 is 0. The normalized spacial score (nSPS) is 25.6. The molecule has 23 heavy (non-hydrogen) atoms. The summed E-state index contributed by atoms with van der Waals surface area (Å²) in [7, 11) is -2.89. The topological polar surface area (TPSA) is 63.7 Å². The van der Waals surface area contributed by atoms with E-state index in [4.69, 9.17) is 4.74 Å². The Bertz CT molecular complexity index is 661. The first kappa shape index (κ1) is 16.3. The molecule has 0 aliphatic carbocycles. The van der Waals surface area contributed by atoms with Crippen molar-refractivity contribution in [1.82, 2.24) is 4.90 Å². The lowest BCUT2D eigenvalue weighted by Gasteiger charge is -2.17. The highest BCUT2D eigenvalue weighted by Crippen LogP contribution is 2.32. The second-order valence-corrected chi connectivity index (χ2v) is 9.06. The SMILES string of the molecule is CC(C)c1ccc(OCC(=O)N2C[C@@H]3CS(=O)(=O)C[C@@H]3C2)cc1. The lowest BCUT2D eigenvalue weighted by molar-refractivity contribution is -0.132. The van der Waals surface area contributed by atoms with Gasteiger partial charge in [0.2, 0.25) is 0 Å². The lowest BCUT2D eigenvalue weighted by atomic mass is 10.0. The van der Waals surface area contributed by atoms with Gasteiger partial charge in [-0.05, 0) is 35.4 Å². The molecule has 1 aromatic carbocycles. The van der Waals surface area contributed by atoms with Crippen molar-refractivity contribution in [2.24, 2.45) is 11.8 Å². The first-order valence-corrected chi connectivity index (χ1v) is 9.87. The molecule has 5 nitrogen and oxygen atoms in total. The highest BCUT2D eigenvalue weighted by molar-refractivity contribution is 7.91. The number of sulfone groups is 1. The second-order valence-electron chi connectivity index (χ2n) is 6.91. The van der Waals surface area contributed by atoms with Crippen LogP contribution in [0.15, 0.2) is 24.3 Å². The monoisotopic (exact) mass is 337 g/mol. The Labute approximate surface area is 137 Å². The summed E-state index contributed by atoms with van der Waals surface area (Å²) in [4.78, 5) is 14.0. The maximum Gasteiger partial charge on any atom is 0.260 e. The molecule has 2 saturated heterocycles. The molecule has 0 spiro atoms. The van der Waals surface area contributed by atoms with Crippen molar-refractivity contribution in [2.45, 2.75) is 19.8 Å². The number of ether oxygens (including phenoxy) is 1. The molecule has 2 atom stereocenters. The van der Waals surface area contributed by atoms with Crippen LogP contribution in [-0.2, 0) is 14.6 Å². The van der Waals surface area contributed by atoms with E-state index >= 15 is 0 Å². The summed E-state index contributed by atoms with van der Waals surface area (Å²) in [5.74, 6) is 1.74.